The number of ether oxygens (including phenoxy) is 5. The van der Waals surface area contributed by atoms with E-state index in [4.69, 9.17) is 29.4 Å². The SMILES string of the molecule is CC(=O)N[C@H]1[C@H](OCCOCCOCCOCC(N)=O)O[C@H](CO)[C@H](O)[C@@H]1O. The summed E-state index contributed by atoms with van der Waals surface area (Å²) in [6.45, 7) is 2.02. The van der Waals surface area contributed by atoms with E-state index in [1.165, 1.54) is 6.92 Å². The molecule has 1 fully saturated rings. The number of nitrogens with one attached hydrogen (secondary N) is 1. The van der Waals surface area contributed by atoms with Crippen LogP contribution in [0.2, 0.25) is 0 Å². The Morgan fingerprint density at radius 2 is 1.57 bits per heavy atom. The van der Waals surface area contributed by atoms with E-state index in [0.717, 1.165) is 0 Å². The lowest BCUT2D eigenvalue weighted by atomic mass is 9.97. The molecule has 0 aromatic carbocycles. The van der Waals surface area contributed by atoms with Gasteiger partial charge in [0.05, 0.1) is 46.2 Å². The summed E-state index contributed by atoms with van der Waals surface area (Å²) in [6.07, 6.45) is -4.80. The smallest absolute Gasteiger partial charge is 0.243 e. The van der Waals surface area contributed by atoms with Crippen molar-refractivity contribution >= 4 is 11.8 Å². The lowest BCUT2D eigenvalue weighted by Crippen LogP contribution is -2.64. The van der Waals surface area contributed by atoms with Crippen LogP contribution in [0.3, 0.4) is 0 Å². The normalized spacial score (nSPS) is 27.5. The van der Waals surface area contributed by atoms with Crippen LogP contribution < -0.4 is 11.1 Å². The van der Waals surface area contributed by atoms with Crippen molar-refractivity contribution < 1.29 is 48.6 Å². The van der Waals surface area contributed by atoms with Crippen LogP contribution in [0.1, 0.15) is 6.92 Å². The molecule has 1 heterocycles. The first-order chi connectivity index (χ1) is 13.4. The van der Waals surface area contributed by atoms with Crippen LogP contribution in [0.4, 0.5) is 0 Å². The topological polar surface area (TPSA) is 179 Å². The summed E-state index contributed by atoms with van der Waals surface area (Å²) in [7, 11) is 0. The standard InChI is InChI=1S/C16H30N2O10/c1-10(20)18-13-15(23)14(22)11(8-19)28-16(13)27-7-6-25-3-2-24-4-5-26-9-12(17)21/h11,13-16,19,22-23H,2-9H2,1H3,(H2,17,21)(H,18,20)/t11-,13-,14+,15-,16-/m1/s1. The van der Waals surface area contributed by atoms with Crippen molar-refractivity contribution in [2.45, 2.75) is 37.6 Å². The molecule has 0 aliphatic carbocycles. The summed E-state index contributed by atoms with van der Waals surface area (Å²) >= 11 is 0. The number of hydrogen-bond donors (Lipinski definition) is 5. The third-order valence-corrected chi connectivity index (χ3v) is 3.75. The Bertz CT molecular complexity index is 467. The second-order valence-corrected chi connectivity index (χ2v) is 6.05. The second kappa shape index (κ2) is 13.7. The highest BCUT2D eigenvalue weighted by atomic mass is 16.7. The first-order valence-corrected chi connectivity index (χ1v) is 8.89. The molecule has 1 aliphatic rings. The second-order valence-electron chi connectivity index (χ2n) is 6.05. The number of aliphatic hydroxyl groups excluding tert-OH is 3. The molecular weight excluding hydrogens is 380 g/mol. The number of carbonyl (C=O) groups excluding carboxylic acids is 2. The average Bonchev–Trinajstić information content (AvgIpc) is 2.64. The monoisotopic (exact) mass is 410 g/mol. The third kappa shape index (κ3) is 9.21. The van der Waals surface area contributed by atoms with E-state index in [2.05, 4.69) is 5.32 Å². The first-order valence-electron chi connectivity index (χ1n) is 8.89. The van der Waals surface area contributed by atoms with Gasteiger partial charge in [0.25, 0.3) is 0 Å². The zero-order valence-corrected chi connectivity index (χ0v) is 15.8. The maximum atomic E-state index is 11.3. The lowest BCUT2D eigenvalue weighted by molar-refractivity contribution is -0.272. The van der Waals surface area contributed by atoms with E-state index in [1.807, 2.05) is 0 Å². The van der Waals surface area contributed by atoms with Crippen LogP contribution >= 0.6 is 0 Å². The number of nitrogens with two attached hydrogens (primary N) is 1. The molecule has 2 amide bonds. The zero-order valence-electron chi connectivity index (χ0n) is 15.8. The minimum Gasteiger partial charge on any atom is -0.394 e. The van der Waals surface area contributed by atoms with Crippen molar-refractivity contribution in [2.75, 3.05) is 52.9 Å². The van der Waals surface area contributed by atoms with E-state index in [-0.39, 0.29) is 26.4 Å². The lowest BCUT2D eigenvalue weighted by Gasteiger charge is -2.42. The van der Waals surface area contributed by atoms with Crippen molar-refractivity contribution in [1.82, 2.24) is 5.32 Å². The number of rotatable bonds is 14. The van der Waals surface area contributed by atoms with Gasteiger partial charge in [0.1, 0.15) is 31.0 Å². The molecule has 0 saturated carbocycles. The van der Waals surface area contributed by atoms with E-state index >= 15 is 0 Å². The van der Waals surface area contributed by atoms with Crippen molar-refractivity contribution in [3.8, 4) is 0 Å². The molecule has 0 aromatic rings. The number of hydrogen-bond acceptors (Lipinski definition) is 10. The molecule has 28 heavy (non-hydrogen) atoms. The number of amides is 2. The Hall–Kier alpha value is -1.38. The summed E-state index contributed by atoms with van der Waals surface area (Å²) in [5.41, 5.74) is 4.91. The summed E-state index contributed by atoms with van der Waals surface area (Å²) < 4.78 is 26.3. The fourth-order valence-electron chi connectivity index (χ4n) is 2.45. The van der Waals surface area contributed by atoms with Crippen LogP contribution in [0, 0.1) is 0 Å². The van der Waals surface area contributed by atoms with Crippen molar-refractivity contribution in [3.63, 3.8) is 0 Å². The van der Waals surface area contributed by atoms with Gasteiger partial charge in [0.2, 0.25) is 11.8 Å². The van der Waals surface area contributed by atoms with E-state index in [9.17, 15) is 24.9 Å². The molecule has 0 aromatic heterocycles. The predicted molar refractivity (Wildman–Crippen MR) is 93.0 cm³/mol. The summed E-state index contributed by atoms with van der Waals surface area (Å²) in [5, 5.41) is 31.7. The van der Waals surface area contributed by atoms with Gasteiger partial charge in [-0.3, -0.25) is 9.59 Å². The van der Waals surface area contributed by atoms with Gasteiger partial charge in [-0.05, 0) is 0 Å². The molecule has 5 atom stereocenters. The highest BCUT2D eigenvalue weighted by molar-refractivity contribution is 5.75. The minimum atomic E-state index is -1.36. The minimum absolute atomic E-state index is 0.0867. The largest absolute Gasteiger partial charge is 0.394 e. The van der Waals surface area contributed by atoms with Crippen LogP contribution in [-0.2, 0) is 33.3 Å². The highest BCUT2D eigenvalue weighted by Crippen LogP contribution is 2.22. The van der Waals surface area contributed by atoms with Gasteiger partial charge in [0, 0.05) is 6.92 Å². The summed E-state index contributed by atoms with van der Waals surface area (Å²) in [5.74, 6) is -0.970. The van der Waals surface area contributed by atoms with Crippen LogP contribution in [-0.4, -0.2) is 111 Å². The zero-order chi connectivity index (χ0) is 20.9. The average molecular weight is 410 g/mol. The molecule has 0 bridgehead atoms. The molecule has 0 spiro atoms. The van der Waals surface area contributed by atoms with Gasteiger partial charge >= 0.3 is 0 Å². The molecule has 1 aliphatic heterocycles. The van der Waals surface area contributed by atoms with Crippen LogP contribution in [0.25, 0.3) is 0 Å². The molecule has 164 valence electrons. The highest BCUT2D eigenvalue weighted by Gasteiger charge is 2.45. The van der Waals surface area contributed by atoms with Gasteiger partial charge in [-0.25, -0.2) is 0 Å². The van der Waals surface area contributed by atoms with Crippen molar-refractivity contribution in [3.05, 3.63) is 0 Å². The number of primary amides is 1. The van der Waals surface area contributed by atoms with Crippen molar-refractivity contribution in [2.24, 2.45) is 5.73 Å². The molecule has 12 nitrogen and oxygen atoms in total. The maximum Gasteiger partial charge on any atom is 0.243 e. The fourth-order valence-corrected chi connectivity index (χ4v) is 2.45. The summed E-state index contributed by atoms with van der Waals surface area (Å²) in [4.78, 5) is 21.7. The summed E-state index contributed by atoms with van der Waals surface area (Å²) in [6, 6.07) is -0.987. The molecule has 12 heteroatoms. The quantitative estimate of drug-likeness (QED) is 0.180. The Morgan fingerprint density at radius 1 is 1.00 bits per heavy atom. The van der Waals surface area contributed by atoms with Crippen LogP contribution in [0.15, 0.2) is 0 Å². The first kappa shape index (κ1) is 24.7. The van der Waals surface area contributed by atoms with Gasteiger partial charge in [-0.2, -0.15) is 0 Å². The van der Waals surface area contributed by atoms with E-state index < -0.39 is 49.1 Å². The van der Waals surface area contributed by atoms with Crippen molar-refractivity contribution in [1.29, 1.82) is 0 Å². The Balaban J connectivity index is 2.20. The molecule has 0 radical (unpaired) electrons. The molecule has 1 saturated heterocycles. The Labute approximate surface area is 162 Å². The van der Waals surface area contributed by atoms with Gasteiger partial charge in [-0.1, -0.05) is 0 Å². The number of carbonyl (C=O) groups is 2. The third-order valence-electron chi connectivity index (χ3n) is 3.75. The molecular formula is C16H30N2O10. The predicted octanol–water partition coefficient (Wildman–Crippen LogP) is -3.52. The molecule has 0 unspecified atom stereocenters. The number of aliphatic hydroxyl groups is 3. The Kier molecular flexibility index (Phi) is 12.1. The Morgan fingerprint density at radius 3 is 2.11 bits per heavy atom. The molecule has 6 N–H and O–H groups in total. The molecule has 1 rings (SSSR count). The van der Waals surface area contributed by atoms with Gasteiger partial charge in [0.15, 0.2) is 6.29 Å². The van der Waals surface area contributed by atoms with Gasteiger partial charge < -0.3 is 50.1 Å². The van der Waals surface area contributed by atoms with Gasteiger partial charge in [-0.15, -0.1) is 0 Å². The van der Waals surface area contributed by atoms with Crippen LogP contribution in [0.5, 0.6) is 0 Å². The maximum absolute atomic E-state index is 11.3. The van der Waals surface area contributed by atoms with E-state index in [1.54, 1.807) is 0 Å². The van der Waals surface area contributed by atoms with E-state index in [0.29, 0.717) is 19.8 Å². The fraction of sp³-hybridized carbons (Fsp3) is 0.875.